The van der Waals surface area contributed by atoms with Crippen molar-refractivity contribution >= 4 is 11.7 Å². The highest BCUT2D eigenvalue weighted by Crippen LogP contribution is 2.23. The van der Waals surface area contributed by atoms with E-state index in [4.69, 9.17) is 0 Å². The van der Waals surface area contributed by atoms with Gasteiger partial charge < -0.3 is 15.1 Å². The van der Waals surface area contributed by atoms with Crippen molar-refractivity contribution in [1.82, 2.24) is 19.6 Å². The van der Waals surface area contributed by atoms with Gasteiger partial charge in [0.15, 0.2) is 0 Å². The summed E-state index contributed by atoms with van der Waals surface area (Å²) in [7, 11) is 6.12. The number of hydrogen-bond acceptors (Lipinski definition) is 3. The minimum atomic E-state index is 0.0134. The van der Waals surface area contributed by atoms with Crippen molar-refractivity contribution in [3.63, 3.8) is 0 Å². The number of rotatable bonds is 6. The molecular weight excluding hydrogens is 290 g/mol. The van der Waals surface area contributed by atoms with Crippen LogP contribution in [0.15, 0.2) is 6.20 Å². The highest BCUT2D eigenvalue weighted by molar-refractivity contribution is 5.89. The van der Waals surface area contributed by atoms with Gasteiger partial charge in [0, 0.05) is 26.3 Å². The smallest absolute Gasteiger partial charge is 0.321 e. The lowest BCUT2D eigenvalue weighted by molar-refractivity contribution is 0.178. The van der Waals surface area contributed by atoms with Crippen LogP contribution >= 0.6 is 0 Å². The number of aryl methyl sites for hydroxylation is 2. The monoisotopic (exact) mass is 321 g/mol. The van der Waals surface area contributed by atoms with E-state index in [1.54, 1.807) is 4.68 Å². The number of carbonyl (C=O) groups is 1. The minimum Gasteiger partial charge on any atom is -0.325 e. The molecule has 2 heterocycles. The van der Waals surface area contributed by atoms with Gasteiger partial charge in [-0.25, -0.2) is 4.79 Å². The summed E-state index contributed by atoms with van der Waals surface area (Å²) in [6, 6.07) is 0.0134. The second kappa shape index (κ2) is 8.34. The van der Waals surface area contributed by atoms with Crippen molar-refractivity contribution in [3.8, 4) is 0 Å². The number of hydrogen-bond donors (Lipinski definition) is 1. The summed E-state index contributed by atoms with van der Waals surface area (Å²) in [5, 5.41) is 7.39. The first kappa shape index (κ1) is 17.8. The van der Waals surface area contributed by atoms with Crippen molar-refractivity contribution in [2.45, 2.75) is 39.0 Å². The third-order valence-electron chi connectivity index (χ3n) is 4.60. The standard InChI is InChI=1S/C17H31N5O/c1-5-15-16(13-21(4)19-15)18-17(23)22-11-8-14(9-12-22)7-6-10-20(2)3/h13-14H,5-12H2,1-4H3,(H,18,23). The summed E-state index contributed by atoms with van der Waals surface area (Å²) < 4.78 is 1.76. The van der Waals surface area contributed by atoms with Gasteiger partial charge in [-0.15, -0.1) is 0 Å². The number of aromatic nitrogens is 2. The van der Waals surface area contributed by atoms with Crippen LogP contribution < -0.4 is 5.32 Å². The third-order valence-corrected chi connectivity index (χ3v) is 4.60. The molecule has 1 aliphatic heterocycles. The fraction of sp³-hybridized carbons (Fsp3) is 0.765. The zero-order valence-electron chi connectivity index (χ0n) is 15.0. The molecule has 1 saturated heterocycles. The average molecular weight is 321 g/mol. The average Bonchev–Trinajstić information content (AvgIpc) is 2.87. The summed E-state index contributed by atoms with van der Waals surface area (Å²) in [5.41, 5.74) is 1.78. The van der Waals surface area contributed by atoms with Crippen LogP contribution in [0, 0.1) is 5.92 Å². The number of carbonyl (C=O) groups excluding carboxylic acids is 1. The van der Waals surface area contributed by atoms with Crippen LogP contribution in [0.2, 0.25) is 0 Å². The lowest BCUT2D eigenvalue weighted by Gasteiger charge is -2.32. The van der Waals surface area contributed by atoms with Crippen LogP contribution in [0.25, 0.3) is 0 Å². The molecule has 1 aromatic rings. The lowest BCUT2D eigenvalue weighted by atomic mass is 9.92. The van der Waals surface area contributed by atoms with Gasteiger partial charge in [-0.1, -0.05) is 6.92 Å². The molecule has 0 bridgehead atoms. The molecule has 0 spiro atoms. The zero-order valence-corrected chi connectivity index (χ0v) is 15.0. The Kier molecular flexibility index (Phi) is 6.45. The van der Waals surface area contributed by atoms with Crippen molar-refractivity contribution in [1.29, 1.82) is 0 Å². The summed E-state index contributed by atoms with van der Waals surface area (Å²) >= 11 is 0. The predicted molar refractivity (Wildman–Crippen MR) is 93.7 cm³/mol. The van der Waals surface area contributed by atoms with Gasteiger partial charge in [-0.2, -0.15) is 5.10 Å². The van der Waals surface area contributed by atoms with E-state index in [0.29, 0.717) is 0 Å². The third kappa shape index (κ3) is 5.23. The molecule has 0 radical (unpaired) electrons. The number of anilines is 1. The van der Waals surface area contributed by atoms with Crippen molar-refractivity contribution in [2.75, 3.05) is 39.0 Å². The first-order valence-electron chi connectivity index (χ1n) is 8.72. The Labute approximate surface area is 139 Å². The maximum absolute atomic E-state index is 12.4. The van der Waals surface area contributed by atoms with Gasteiger partial charge in [0.2, 0.25) is 0 Å². The first-order chi connectivity index (χ1) is 11.0. The Hall–Kier alpha value is -1.56. The van der Waals surface area contributed by atoms with Crippen molar-refractivity contribution < 1.29 is 4.79 Å². The molecule has 0 aromatic carbocycles. The summed E-state index contributed by atoms with van der Waals surface area (Å²) in [6.45, 7) is 4.93. The topological polar surface area (TPSA) is 53.4 Å². The maximum Gasteiger partial charge on any atom is 0.321 e. The molecule has 6 heteroatoms. The highest BCUT2D eigenvalue weighted by atomic mass is 16.2. The van der Waals surface area contributed by atoms with Gasteiger partial charge in [0.1, 0.15) is 0 Å². The molecule has 1 fully saturated rings. The first-order valence-corrected chi connectivity index (χ1v) is 8.72. The van der Waals surface area contributed by atoms with Gasteiger partial charge in [-0.05, 0) is 58.7 Å². The summed E-state index contributed by atoms with van der Waals surface area (Å²) in [4.78, 5) is 16.6. The molecule has 2 amide bonds. The van der Waals surface area contributed by atoms with Crippen LogP contribution in [0.3, 0.4) is 0 Å². The fourth-order valence-corrected chi connectivity index (χ4v) is 3.22. The lowest BCUT2D eigenvalue weighted by Crippen LogP contribution is -2.41. The number of nitrogens with zero attached hydrogens (tertiary/aromatic N) is 4. The maximum atomic E-state index is 12.4. The summed E-state index contributed by atoms with van der Waals surface area (Å²) in [5.74, 6) is 0.767. The number of nitrogens with one attached hydrogen (secondary N) is 1. The Morgan fingerprint density at radius 1 is 1.39 bits per heavy atom. The Balaban J connectivity index is 1.77. The predicted octanol–water partition coefficient (Wildman–Crippen LogP) is 2.57. The van der Waals surface area contributed by atoms with Gasteiger partial charge in [-0.3, -0.25) is 4.68 Å². The van der Waals surface area contributed by atoms with E-state index in [1.165, 1.54) is 12.8 Å². The van der Waals surface area contributed by atoms with Crippen LogP contribution in [-0.4, -0.2) is 59.3 Å². The number of amides is 2. The quantitative estimate of drug-likeness (QED) is 0.876. The number of urea groups is 1. The van der Waals surface area contributed by atoms with E-state index >= 15 is 0 Å². The van der Waals surface area contributed by atoms with Crippen LogP contribution in [0.5, 0.6) is 0 Å². The second-order valence-electron chi connectivity index (χ2n) is 6.82. The molecule has 6 nitrogen and oxygen atoms in total. The highest BCUT2D eigenvalue weighted by Gasteiger charge is 2.23. The van der Waals surface area contributed by atoms with E-state index in [-0.39, 0.29) is 6.03 Å². The Morgan fingerprint density at radius 3 is 2.70 bits per heavy atom. The van der Waals surface area contributed by atoms with E-state index in [2.05, 4.69) is 36.3 Å². The van der Waals surface area contributed by atoms with Crippen LogP contribution in [0.4, 0.5) is 10.5 Å². The molecule has 0 atom stereocenters. The van der Waals surface area contributed by atoms with E-state index in [9.17, 15) is 4.79 Å². The SMILES string of the molecule is CCc1nn(C)cc1NC(=O)N1CCC(CCCN(C)C)CC1. The summed E-state index contributed by atoms with van der Waals surface area (Å²) in [6.07, 6.45) is 7.47. The molecule has 0 saturated carbocycles. The largest absolute Gasteiger partial charge is 0.325 e. The Morgan fingerprint density at radius 2 is 2.09 bits per heavy atom. The molecule has 130 valence electrons. The minimum absolute atomic E-state index is 0.0134. The fourth-order valence-electron chi connectivity index (χ4n) is 3.22. The van der Waals surface area contributed by atoms with Crippen molar-refractivity contribution in [2.24, 2.45) is 13.0 Å². The van der Waals surface area contributed by atoms with Gasteiger partial charge >= 0.3 is 6.03 Å². The van der Waals surface area contributed by atoms with E-state index in [0.717, 1.165) is 56.2 Å². The van der Waals surface area contributed by atoms with Gasteiger partial charge in [0.25, 0.3) is 0 Å². The molecule has 0 aliphatic carbocycles. The number of piperidine rings is 1. The second-order valence-corrected chi connectivity index (χ2v) is 6.82. The van der Waals surface area contributed by atoms with E-state index < -0.39 is 0 Å². The van der Waals surface area contributed by atoms with Crippen molar-refractivity contribution in [3.05, 3.63) is 11.9 Å². The molecule has 1 N–H and O–H groups in total. The Bertz CT molecular complexity index is 503. The van der Waals surface area contributed by atoms with Crippen LogP contribution in [0.1, 0.15) is 38.3 Å². The van der Waals surface area contributed by atoms with E-state index in [1.807, 2.05) is 18.1 Å². The zero-order chi connectivity index (χ0) is 16.8. The molecule has 2 rings (SSSR count). The molecule has 1 aromatic heterocycles. The molecule has 23 heavy (non-hydrogen) atoms. The normalized spacial score (nSPS) is 16.1. The molecule has 1 aliphatic rings. The molecule has 0 unspecified atom stereocenters. The molecular formula is C17H31N5O. The van der Waals surface area contributed by atoms with Gasteiger partial charge in [0.05, 0.1) is 11.4 Å². The number of likely N-dealkylation sites (tertiary alicyclic amines) is 1. The van der Waals surface area contributed by atoms with Crippen LogP contribution in [-0.2, 0) is 13.5 Å².